The predicted molar refractivity (Wildman–Crippen MR) is 67.1 cm³/mol. The van der Waals surface area contributed by atoms with Crippen LogP contribution in [0.5, 0.6) is 0 Å². The minimum atomic E-state index is -0.448. The number of amides is 1. The van der Waals surface area contributed by atoms with Crippen LogP contribution in [0.1, 0.15) is 25.0 Å². The van der Waals surface area contributed by atoms with Crippen LogP contribution in [0.2, 0.25) is 0 Å². The van der Waals surface area contributed by atoms with Crippen LogP contribution < -0.4 is 5.32 Å². The predicted octanol–water partition coefficient (Wildman–Crippen LogP) is 2.29. The molecule has 1 rings (SSSR count). The van der Waals surface area contributed by atoms with Gasteiger partial charge in [0.15, 0.2) is 0 Å². The zero-order valence-electron chi connectivity index (χ0n) is 10.2. The summed E-state index contributed by atoms with van der Waals surface area (Å²) in [5.41, 5.74) is 1.52. The summed E-state index contributed by atoms with van der Waals surface area (Å²) in [6, 6.07) is 9.76. The molecule has 0 bridgehead atoms. The van der Waals surface area contributed by atoms with Crippen molar-refractivity contribution in [2.75, 3.05) is 0 Å². The van der Waals surface area contributed by atoms with Gasteiger partial charge < -0.3 is 5.32 Å². The lowest BCUT2D eigenvalue weighted by Crippen LogP contribution is -2.39. The maximum Gasteiger partial charge on any atom is 0.244 e. The highest BCUT2D eigenvalue weighted by Crippen LogP contribution is 2.20. The minimum Gasteiger partial charge on any atom is -0.344 e. The molecule has 0 spiro atoms. The summed E-state index contributed by atoms with van der Waals surface area (Å²) >= 11 is 0. The van der Waals surface area contributed by atoms with Crippen molar-refractivity contribution >= 4 is 5.91 Å². The standard InChI is InChI=1S/C14H16N2O/c1-4-13(17)16-14(2,3)12-7-5-11(6-8-12)9-10-15/h4-8H,1,9H2,2-3H3,(H,16,17). The second-order valence-corrected chi connectivity index (χ2v) is 4.35. The molecule has 17 heavy (non-hydrogen) atoms. The van der Waals surface area contributed by atoms with Gasteiger partial charge in [-0.1, -0.05) is 30.8 Å². The quantitative estimate of drug-likeness (QED) is 0.804. The van der Waals surface area contributed by atoms with Crippen LogP contribution in [0.15, 0.2) is 36.9 Å². The summed E-state index contributed by atoms with van der Waals surface area (Å²) in [5.74, 6) is -0.198. The molecular weight excluding hydrogens is 212 g/mol. The molecule has 3 heteroatoms. The Hall–Kier alpha value is -2.08. The lowest BCUT2D eigenvalue weighted by atomic mass is 9.93. The van der Waals surface area contributed by atoms with E-state index >= 15 is 0 Å². The van der Waals surface area contributed by atoms with E-state index < -0.39 is 5.54 Å². The first kappa shape index (κ1) is 13.0. The fourth-order valence-electron chi connectivity index (χ4n) is 1.56. The molecule has 1 N–H and O–H groups in total. The lowest BCUT2D eigenvalue weighted by Gasteiger charge is -2.26. The Balaban J connectivity index is 2.88. The normalized spacial score (nSPS) is 10.4. The second kappa shape index (κ2) is 5.31. The van der Waals surface area contributed by atoms with Crippen LogP contribution in [0, 0.1) is 11.3 Å². The summed E-state index contributed by atoms with van der Waals surface area (Å²) in [6.07, 6.45) is 1.66. The van der Waals surface area contributed by atoms with Crippen LogP contribution in [0.3, 0.4) is 0 Å². The van der Waals surface area contributed by atoms with E-state index in [1.807, 2.05) is 38.1 Å². The van der Waals surface area contributed by atoms with E-state index in [1.54, 1.807) is 0 Å². The highest BCUT2D eigenvalue weighted by Gasteiger charge is 2.21. The molecule has 0 fully saturated rings. The molecule has 3 nitrogen and oxygen atoms in total. The molecule has 0 saturated heterocycles. The summed E-state index contributed by atoms with van der Waals surface area (Å²) < 4.78 is 0. The Bertz CT molecular complexity index is 452. The van der Waals surface area contributed by atoms with Gasteiger partial charge in [-0.05, 0) is 31.1 Å². The van der Waals surface area contributed by atoms with Gasteiger partial charge in [-0.2, -0.15) is 5.26 Å². The maximum atomic E-state index is 11.3. The minimum absolute atomic E-state index is 0.198. The molecule has 1 aromatic carbocycles. The molecule has 0 saturated carbocycles. The van der Waals surface area contributed by atoms with Crippen molar-refractivity contribution in [3.8, 4) is 6.07 Å². The number of rotatable bonds is 4. The van der Waals surface area contributed by atoms with E-state index in [-0.39, 0.29) is 5.91 Å². The van der Waals surface area contributed by atoms with Crippen LogP contribution in [0.4, 0.5) is 0 Å². The molecule has 0 aliphatic heterocycles. The third-order valence-corrected chi connectivity index (χ3v) is 2.58. The van der Waals surface area contributed by atoms with Crippen molar-refractivity contribution in [2.45, 2.75) is 25.8 Å². The number of nitriles is 1. The Labute approximate surface area is 102 Å². The fraction of sp³-hybridized carbons (Fsp3) is 0.286. The summed E-state index contributed by atoms with van der Waals surface area (Å²) in [4.78, 5) is 11.3. The van der Waals surface area contributed by atoms with Crippen LogP contribution in [-0.2, 0) is 16.8 Å². The van der Waals surface area contributed by atoms with Gasteiger partial charge in [0, 0.05) is 0 Å². The van der Waals surface area contributed by atoms with Crippen LogP contribution >= 0.6 is 0 Å². The van der Waals surface area contributed by atoms with Crippen molar-refractivity contribution in [1.29, 1.82) is 5.26 Å². The van der Waals surface area contributed by atoms with Gasteiger partial charge in [-0.15, -0.1) is 0 Å². The molecule has 1 aromatic rings. The molecule has 88 valence electrons. The van der Waals surface area contributed by atoms with Gasteiger partial charge in [0.25, 0.3) is 0 Å². The maximum absolute atomic E-state index is 11.3. The number of nitrogens with one attached hydrogen (secondary N) is 1. The van der Waals surface area contributed by atoms with E-state index in [1.165, 1.54) is 6.08 Å². The number of nitrogens with zero attached hydrogens (tertiary/aromatic N) is 1. The highest BCUT2D eigenvalue weighted by atomic mass is 16.1. The number of hydrogen-bond acceptors (Lipinski definition) is 2. The first-order valence-corrected chi connectivity index (χ1v) is 5.40. The molecular formula is C14H16N2O. The summed E-state index contributed by atoms with van der Waals surface area (Å²) in [5, 5.41) is 11.4. The average molecular weight is 228 g/mol. The largest absolute Gasteiger partial charge is 0.344 e. The van der Waals surface area contributed by atoms with Gasteiger partial charge in [0.2, 0.25) is 5.91 Å². The van der Waals surface area contributed by atoms with Crippen molar-refractivity contribution in [3.05, 3.63) is 48.0 Å². The van der Waals surface area contributed by atoms with Crippen molar-refractivity contribution in [1.82, 2.24) is 5.32 Å². The summed E-state index contributed by atoms with van der Waals surface area (Å²) in [6.45, 7) is 7.28. The smallest absolute Gasteiger partial charge is 0.244 e. The first-order chi connectivity index (χ1) is 7.99. The van der Waals surface area contributed by atoms with Gasteiger partial charge >= 0.3 is 0 Å². The fourth-order valence-corrected chi connectivity index (χ4v) is 1.56. The molecule has 0 aliphatic rings. The van der Waals surface area contributed by atoms with Crippen LogP contribution in [-0.4, -0.2) is 5.91 Å². The SMILES string of the molecule is C=CC(=O)NC(C)(C)c1ccc(CC#N)cc1. The van der Waals surface area contributed by atoms with E-state index in [4.69, 9.17) is 5.26 Å². The molecule has 0 aromatic heterocycles. The molecule has 0 heterocycles. The number of hydrogen-bond donors (Lipinski definition) is 1. The molecule has 1 amide bonds. The zero-order chi connectivity index (χ0) is 12.9. The van der Waals surface area contributed by atoms with Crippen molar-refractivity contribution in [3.63, 3.8) is 0 Å². The molecule has 0 radical (unpaired) electrons. The Morgan fingerprint density at radius 3 is 2.53 bits per heavy atom. The number of carbonyl (C=O) groups is 1. The highest BCUT2D eigenvalue weighted by molar-refractivity contribution is 5.87. The molecule has 0 atom stereocenters. The Kier molecular flexibility index (Phi) is 4.06. The molecule has 0 unspecified atom stereocenters. The van der Waals surface area contributed by atoms with E-state index in [9.17, 15) is 4.79 Å². The van der Waals surface area contributed by atoms with E-state index in [0.717, 1.165) is 11.1 Å². The third-order valence-electron chi connectivity index (χ3n) is 2.58. The Morgan fingerprint density at radius 2 is 2.06 bits per heavy atom. The van der Waals surface area contributed by atoms with Gasteiger partial charge in [0.05, 0.1) is 18.0 Å². The summed E-state index contributed by atoms with van der Waals surface area (Å²) in [7, 11) is 0. The van der Waals surface area contributed by atoms with Crippen molar-refractivity contribution < 1.29 is 4.79 Å². The van der Waals surface area contributed by atoms with E-state index in [0.29, 0.717) is 6.42 Å². The van der Waals surface area contributed by atoms with Crippen LogP contribution in [0.25, 0.3) is 0 Å². The monoisotopic (exact) mass is 228 g/mol. The van der Waals surface area contributed by atoms with Crippen molar-refractivity contribution in [2.24, 2.45) is 0 Å². The van der Waals surface area contributed by atoms with Gasteiger partial charge in [-0.25, -0.2) is 0 Å². The average Bonchev–Trinajstić information content (AvgIpc) is 2.29. The number of carbonyl (C=O) groups excluding carboxylic acids is 1. The zero-order valence-corrected chi connectivity index (χ0v) is 10.2. The van der Waals surface area contributed by atoms with E-state index in [2.05, 4.69) is 18.0 Å². The molecule has 0 aliphatic carbocycles. The second-order valence-electron chi connectivity index (χ2n) is 4.35. The number of benzene rings is 1. The van der Waals surface area contributed by atoms with Gasteiger partial charge in [-0.3, -0.25) is 4.79 Å². The first-order valence-electron chi connectivity index (χ1n) is 5.40. The third kappa shape index (κ3) is 3.46. The topological polar surface area (TPSA) is 52.9 Å². The lowest BCUT2D eigenvalue weighted by molar-refractivity contribution is -0.118. The van der Waals surface area contributed by atoms with Gasteiger partial charge in [0.1, 0.15) is 0 Å². The Morgan fingerprint density at radius 1 is 1.47 bits per heavy atom.